The minimum Gasteiger partial charge on any atom is -0.367 e. The summed E-state index contributed by atoms with van der Waals surface area (Å²) in [5, 5.41) is 3.32. The van der Waals surface area contributed by atoms with Crippen molar-refractivity contribution in [1.82, 2.24) is 9.62 Å². The summed E-state index contributed by atoms with van der Waals surface area (Å²) in [7, 11) is -3.96. The summed E-state index contributed by atoms with van der Waals surface area (Å²) in [5.74, 6) is -0.571. The molecule has 0 bridgehead atoms. The van der Waals surface area contributed by atoms with Crippen LogP contribution in [0.4, 0.5) is 0 Å². The molecule has 0 fully saturated rings. The van der Waals surface area contributed by atoms with E-state index in [1.165, 1.54) is 6.92 Å². The van der Waals surface area contributed by atoms with Gasteiger partial charge in [0.2, 0.25) is 15.9 Å². The van der Waals surface area contributed by atoms with Crippen molar-refractivity contribution in [3.8, 4) is 0 Å². The van der Waals surface area contributed by atoms with E-state index in [2.05, 4.69) is 5.32 Å². The standard InChI is InChI=1S/C34H39ClN2O5S/c1-23-11-9-10-14-30(23)43(40,41)37-31(34(3,4)5)20-27(33(37)26-15-17-28(35)18-16-26)21-42-22-32(39)36-29(24(2)38)19-25-12-7-6-8-13-25/h6-18,20,29,31,33H,19,21-22H2,1-5H3,(H,36,39)/t29-,31+,33?/m1/s1. The van der Waals surface area contributed by atoms with Crippen molar-refractivity contribution in [1.29, 1.82) is 0 Å². The number of nitrogens with zero attached hydrogens (tertiary/aromatic N) is 1. The molecule has 0 aromatic heterocycles. The number of ether oxygens (including phenoxy) is 1. The molecule has 0 saturated heterocycles. The fourth-order valence-corrected chi connectivity index (χ4v) is 7.64. The Labute approximate surface area is 259 Å². The quantitative estimate of drug-likeness (QED) is 0.262. The van der Waals surface area contributed by atoms with Crippen LogP contribution < -0.4 is 5.32 Å². The van der Waals surface area contributed by atoms with Gasteiger partial charge in [0.1, 0.15) is 6.61 Å². The minimum absolute atomic E-state index is 0.0243. The molecule has 1 aliphatic rings. The first-order chi connectivity index (χ1) is 20.3. The summed E-state index contributed by atoms with van der Waals surface area (Å²) in [6, 6.07) is 21.7. The number of nitrogens with one attached hydrogen (secondary N) is 1. The van der Waals surface area contributed by atoms with Crippen molar-refractivity contribution < 1.29 is 22.7 Å². The summed E-state index contributed by atoms with van der Waals surface area (Å²) in [4.78, 5) is 25.3. The van der Waals surface area contributed by atoms with Crippen molar-refractivity contribution >= 4 is 33.3 Å². The molecule has 0 saturated carbocycles. The number of ketones is 1. The topological polar surface area (TPSA) is 92.8 Å². The lowest BCUT2D eigenvalue weighted by molar-refractivity contribution is -0.129. The van der Waals surface area contributed by atoms with Crippen LogP contribution in [0.3, 0.4) is 0 Å². The van der Waals surface area contributed by atoms with Crippen LogP contribution >= 0.6 is 11.6 Å². The molecule has 1 N–H and O–H groups in total. The third kappa shape index (κ3) is 7.81. The third-order valence-electron chi connectivity index (χ3n) is 7.58. The number of rotatable bonds is 11. The Hall–Kier alpha value is -3.30. The molecule has 228 valence electrons. The number of benzene rings is 3. The van der Waals surface area contributed by atoms with Crippen molar-refractivity contribution in [2.75, 3.05) is 13.2 Å². The van der Waals surface area contributed by atoms with Gasteiger partial charge in [-0.2, -0.15) is 4.31 Å². The van der Waals surface area contributed by atoms with Gasteiger partial charge in [-0.05, 0) is 66.1 Å². The van der Waals surface area contributed by atoms with Crippen molar-refractivity contribution in [3.63, 3.8) is 0 Å². The van der Waals surface area contributed by atoms with Gasteiger partial charge < -0.3 is 10.1 Å². The van der Waals surface area contributed by atoms with Crippen LogP contribution in [0.5, 0.6) is 0 Å². The normalized spacial score (nSPS) is 18.2. The zero-order chi connectivity index (χ0) is 31.4. The third-order valence-corrected chi connectivity index (χ3v) is 9.84. The number of amides is 1. The maximum absolute atomic E-state index is 14.4. The lowest BCUT2D eigenvalue weighted by Gasteiger charge is -2.37. The second-order valence-corrected chi connectivity index (χ2v) is 14.3. The van der Waals surface area contributed by atoms with Gasteiger partial charge in [-0.3, -0.25) is 9.59 Å². The summed E-state index contributed by atoms with van der Waals surface area (Å²) in [5.41, 5.74) is 2.61. The van der Waals surface area contributed by atoms with E-state index in [0.717, 1.165) is 16.7 Å². The van der Waals surface area contributed by atoms with E-state index < -0.39 is 39.5 Å². The molecule has 0 radical (unpaired) electrons. The lowest BCUT2D eigenvalue weighted by Crippen LogP contribution is -2.45. The summed E-state index contributed by atoms with van der Waals surface area (Å²) in [6.07, 6.45) is 2.32. The number of hydrogen-bond donors (Lipinski definition) is 1. The summed E-state index contributed by atoms with van der Waals surface area (Å²) >= 11 is 6.19. The van der Waals surface area contributed by atoms with Crippen molar-refractivity contribution in [2.45, 2.75) is 64.1 Å². The highest BCUT2D eigenvalue weighted by Crippen LogP contribution is 2.46. The number of sulfonamides is 1. The van der Waals surface area contributed by atoms with Crippen LogP contribution in [-0.2, 0) is 30.8 Å². The summed E-state index contributed by atoms with van der Waals surface area (Å²) < 4.78 is 36.2. The Balaban J connectivity index is 1.59. The molecule has 1 heterocycles. The SMILES string of the molecule is CC(=O)[C@@H](Cc1ccccc1)NC(=O)COCC1=C[C@@H](C(C)(C)C)N(S(=O)(=O)c2ccccc2C)C1c1ccc(Cl)cc1. The second-order valence-electron chi connectivity index (χ2n) is 12.0. The Morgan fingerprint density at radius 2 is 1.60 bits per heavy atom. The van der Waals surface area contributed by atoms with Gasteiger partial charge in [-0.25, -0.2) is 8.42 Å². The molecule has 43 heavy (non-hydrogen) atoms. The molecule has 1 aliphatic heterocycles. The first kappa shape index (κ1) is 32.6. The molecule has 3 aromatic carbocycles. The molecule has 7 nitrogen and oxygen atoms in total. The van der Waals surface area contributed by atoms with E-state index >= 15 is 0 Å². The van der Waals surface area contributed by atoms with Crippen molar-refractivity contribution in [3.05, 3.63) is 112 Å². The van der Waals surface area contributed by atoms with E-state index in [-0.39, 0.29) is 23.9 Å². The van der Waals surface area contributed by atoms with Crippen molar-refractivity contribution in [2.24, 2.45) is 5.41 Å². The minimum atomic E-state index is -3.96. The van der Waals surface area contributed by atoms with E-state index in [1.54, 1.807) is 41.6 Å². The highest BCUT2D eigenvalue weighted by Gasteiger charge is 2.48. The van der Waals surface area contributed by atoms with Crippen LogP contribution in [0.25, 0.3) is 0 Å². The highest BCUT2D eigenvalue weighted by atomic mass is 35.5. The molecule has 0 spiro atoms. The van der Waals surface area contributed by atoms with Crippen LogP contribution in [0, 0.1) is 12.3 Å². The van der Waals surface area contributed by atoms with E-state index in [1.807, 2.05) is 75.4 Å². The lowest BCUT2D eigenvalue weighted by atomic mass is 9.87. The molecule has 1 amide bonds. The second kappa shape index (κ2) is 13.6. The molecular weight excluding hydrogens is 584 g/mol. The molecule has 4 rings (SSSR count). The van der Waals surface area contributed by atoms with Gasteiger partial charge in [-0.15, -0.1) is 0 Å². The molecular formula is C34H39ClN2O5S. The number of hydrogen-bond acceptors (Lipinski definition) is 5. The Morgan fingerprint density at radius 1 is 0.977 bits per heavy atom. The predicted octanol–water partition coefficient (Wildman–Crippen LogP) is 6.07. The van der Waals surface area contributed by atoms with Gasteiger partial charge >= 0.3 is 0 Å². The van der Waals surface area contributed by atoms with Crippen LogP contribution in [0.1, 0.15) is 50.4 Å². The fourth-order valence-electron chi connectivity index (χ4n) is 5.35. The molecule has 3 atom stereocenters. The maximum atomic E-state index is 14.4. The smallest absolute Gasteiger partial charge is 0.246 e. The van der Waals surface area contributed by atoms with Crippen LogP contribution in [0.15, 0.2) is 95.4 Å². The van der Waals surface area contributed by atoms with Gasteiger partial charge in [0.15, 0.2) is 5.78 Å². The van der Waals surface area contributed by atoms with E-state index in [9.17, 15) is 18.0 Å². The monoisotopic (exact) mass is 622 g/mol. The molecule has 1 unspecified atom stereocenters. The van der Waals surface area contributed by atoms with E-state index in [4.69, 9.17) is 16.3 Å². The zero-order valence-corrected chi connectivity index (χ0v) is 26.8. The van der Waals surface area contributed by atoms with Crippen LogP contribution in [0.2, 0.25) is 5.02 Å². The number of aryl methyl sites for hydroxylation is 1. The largest absolute Gasteiger partial charge is 0.367 e. The summed E-state index contributed by atoms with van der Waals surface area (Å²) in [6.45, 7) is 8.97. The molecule has 9 heteroatoms. The van der Waals surface area contributed by atoms with Gasteiger partial charge in [0, 0.05) is 11.1 Å². The highest BCUT2D eigenvalue weighted by molar-refractivity contribution is 7.89. The first-order valence-electron chi connectivity index (χ1n) is 14.3. The molecule has 0 aliphatic carbocycles. The average Bonchev–Trinajstić information content (AvgIpc) is 3.35. The van der Waals surface area contributed by atoms with Gasteiger partial charge in [0.25, 0.3) is 0 Å². The fraction of sp³-hybridized carbons (Fsp3) is 0.353. The Bertz CT molecular complexity index is 1580. The van der Waals surface area contributed by atoms with E-state index in [0.29, 0.717) is 17.0 Å². The Morgan fingerprint density at radius 3 is 2.21 bits per heavy atom. The first-order valence-corrected chi connectivity index (χ1v) is 16.1. The number of Topliss-reactive ketones (excluding diaryl/α,β-unsaturated/α-hetero) is 1. The zero-order valence-electron chi connectivity index (χ0n) is 25.2. The predicted molar refractivity (Wildman–Crippen MR) is 169 cm³/mol. The number of halogens is 1. The number of carbonyl (C=O) groups excluding carboxylic acids is 2. The Kier molecular flexibility index (Phi) is 10.3. The maximum Gasteiger partial charge on any atom is 0.246 e. The van der Waals surface area contributed by atoms with Gasteiger partial charge in [-0.1, -0.05) is 99.1 Å². The molecule has 3 aromatic rings. The van der Waals surface area contributed by atoms with Crippen LogP contribution in [-0.4, -0.2) is 49.7 Å². The number of carbonyl (C=O) groups is 2. The van der Waals surface area contributed by atoms with Gasteiger partial charge in [0.05, 0.1) is 23.6 Å². The average molecular weight is 623 g/mol.